The Morgan fingerprint density at radius 1 is 1.03 bits per heavy atom. The number of anilines is 2. The summed E-state index contributed by atoms with van der Waals surface area (Å²) in [6.45, 7) is 0.979. The van der Waals surface area contributed by atoms with E-state index in [1.165, 1.54) is 28.0 Å². The highest BCUT2D eigenvalue weighted by Crippen LogP contribution is 2.38. The van der Waals surface area contributed by atoms with Gasteiger partial charge in [0.2, 0.25) is 0 Å². The molecule has 6 nitrogen and oxygen atoms in total. The molecular formula is C25H28N4O2S. The largest absolute Gasteiger partial charge is 0.322 e. The van der Waals surface area contributed by atoms with Crippen molar-refractivity contribution in [2.45, 2.75) is 32.1 Å². The number of carbonyl (C=O) groups excluding carboxylic acids is 2. The molecule has 0 atom stereocenters. The van der Waals surface area contributed by atoms with Gasteiger partial charge in [-0.25, -0.2) is 0 Å². The van der Waals surface area contributed by atoms with Crippen molar-refractivity contribution in [3.63, 3.8) is 0 Å². The zero-order valence-corrected chi connectivity index (χ0v) is 19.3. The van der Waals surface area contributed by atoms with Crippen LogP contribution in [-0.2, 0) is 19.3 Å². The second-order valence-corrected chi connectivity index (χ2v) is 9.42. The number of nitrogens with one attached hydrogen (secondary N) is 2. The molecule has 0 saturated heterocycles. The maximum atomic E-state index is 13.3. The number of aryl methyl sites for hydroxylation is 1. The maximum Gasteiger partial charge on any atom is 0.258 e. The lowest BCUT2D eigenvalue weighted by Gasteiger charge is -2.14. The van der Waals surface area contributed by atoms with Crippen molar-refractivity contribution in [2.24, 2.45) is 0 Å². The number of hydrogen-bond donors (Lipinski definition) is 2. The minimum Gasteiger partial charge on any atom is -0.322 e. The van der Waals surface area contributed by atoms with E-state index < -0.39 is 0 Å². The average Bonchev–Trinajstić information content (AvgIpc) is 3.17. The van der Waals surface area contributed by atoms with E-state index in [1.54, 1.807) is 18.3 Å². The van der Waals surface area contributed by atoms with Gasteiger partial charge in [0.1, 0.15) is 5.00 Å². The Morgan fingerprint density at radius 2 is 1.81 bits per heavy atom. The smallest absolute Gasteiger partial charge is 0.258 e. The summed E-state index contributed by atoms with van der Waals surface area (Å²) in [5, 5.41) is 6.61. The van der Waals surface area contributed by atoms with Crippen LogP contribution < -0.4 is 10.6 Å². The van der Waals surface area contributed by atoms with Gasteiger partial charge in [-0.15, -0.1) is 11.3 Å². The van der Waals surface area contributed by atoms with Crippen LogP contribution in [-0.4, -0.2) is 42.3 Å². The molecule has 3 aromatic rings. The Balaban J connectivity index is 1.54. The van der Waals surface area contributed by atoms with Crippen LogP contribution in [0, 0.1) is 0 Å². The number of nitrogens with zero attached hydrogens (tertiary/aromatic N) is 2. The Hall–Kier alpha value is -3.03. The third-order valence-electron chi connectivity index (χ3n) is 5.61. The van der Waals surface area contributed by atoms with Crippen LogP contribution in [0.3, 0.4) is 0 Å². The fraction of sp³-hybridized carbons (Fsp3) is 0.320. The summed E-state index contributed by atoms with van der Waals surface area (Å²) in [6, 6.07) is 11.4. The minimum absolute atomic E-state index is 0.174. The molecule has 2 N–H and O–H groups in total. The van der Waals surface area contributed by atoms with Gasteiger partial charge in [0.05, 0.1) is 11.1 Å². The van der Waals surface area contributed by atoms with Crippen LogP contribution in [0.15, 0.2) is 48.8 Å². The van der Waals surface area contributed by atoms with Gasteiger partial charge in [-0.2, -0.15) is 0 Å². The molecule has 1 aliphatic rings. The lowest BCUT2D eigenvalue weighted by atomic mass is 9.95. The molecule has 0 radical (unpaired) electrons. The van der Waals surface area contributed by atoms with Gasteiger partial charge in [-0.05, 0) is 81.6 Å². The molecule has 0 aliphatic heterocycles. The molecule has 4 rings (SSSR count). The van der Waals surface area contributed by atoms with E-state index in [1.807, 2.05) is 24.3 Å². The Labute approximate surface area is 192 Å². The van der Waals surface area contributed by atoms with E-state index in [-0.39, 0.29) is 11.8 Å². The third-order valence-corrected chi connectivity index (χ3v) is 6.82. The molecule has 0 unspecified atom stereocenters. The quantitative estimate of drug-likeness (QED) is 0.553. The summed E-state index contributed by atoms with van der Waals surface area (Å²) < 4.78 is 0. The molecule has 0 spiro atoms. The van der Waals surface area contributed by atoms with E-state index in [0.717, 1.165) is 49.9 Å². The van der Waals surface area contributed by atoms with Gasteiger partial charge < -0.3 is 15.5 Å². The van der Waals surface area contributed by atoms with Crippen LogP contribution in [0.1, 0.15) is 49.6 Å². The van der Waals surface area contributed by atoms with Gasteiger partial charge in [0.15, 0.2) is 0 Å². The number of fused-ring (bicyclic) bond motifs is 1. The number of thiophene rings is 1. The zero-order chi connectivity index (χ0) is 22.5. The number of rotatable bonds is 7. The number of aromatic nitrogens is 1. The summed E-state index contributed by atoms with van der Waals surface area (Å²) in [5.74, 6) is -0.428. The average molecular weight is 449 g/mol. The summed E-state index contributed by atoms with van der Waals surface area (Å²) in [4.78, 5) is 33.4. The van der Waals surface area contributed by atoms with Crippen LogP contribution in [0.4, 0.5) is 10.7 Å². The summed E-state index contributed by atoms with van der Waals surface area (Å²) in [7, 11) is 4.11. The fourth-order valence-electron chi connectivity index (χ4n) is 3.87. The molecule has 2 heterocycles. The van der Waals surface area contributed by atoms with E-state index in [0.29, 0.717) is 16.1 Å². The van der Waals surface area contributed by atoms with Crippen molar-refractivity contribution in [3.05, 3.63) is 75.9 Å². The predicted octanol–water partition coefficient (Wildman–Crippen LogP) is 4.63. The molecular weight excluding hydrogens is 420 g/mol. The summed E-state index contributed by atoms with van der Waals surface area (Å²) >= 11 is 1.52. The number of hydrogen-bond acceptors (Lipinski definition) is 5. The number of pyridine rings is 1. The molecule has 1 aromatic carbocycles. The molecule has 0 bridgehead atoms. The monoisotopic (exact) mass is 448 g/mol. The van der Waals surface area contributed by atoms with E-state index in [2.05, 4.69) is 34.6 Å². The van der Waals surface area contributed by atoms with Crippen molar-refractivity contribution < 1.29 is 9.59 Å². The lowest BCUT2D eigenvalue weighted by molar-refractivity contribution is 0.102. The highest BCUT2D eigenvalue weighted by molar-refractivity contribution is 7.17. The van der Waals surface area contributed by atoms with Gasteiger partial charge >= 0.3 is 0 Å². The molecule has 2 aromatic heterocycles. The minimum atomic E-state index is -0.254. The van der Waals surface area contributed by atoms with Gasteiger partial charge in [0, 0.05) is 29.5 Å². The van der Waals surface area contributed by atoms with Crippen LogP contribution >= 0.6 is 11.3 Å². The van der Waals surface area contributed by atoms with E-state index in [9.17, 15) is 9.59 Å². The number of benzene rings is 1. The zero-order valence-electron chi connectivity index (χ0n) is 18.5. The van der Waals surface area contributed by atoms with Crippen molar-refractivity contribution in [1.29, 1.82) is 0 Å². The maximum absolute atomic E-state index is 13.3. The van der Waals surface area contributed by atoms with Gasteiger partial charge in [-0.3, -0.25) is 14.6 Å². The Kier molecular flexibility index (Phi) is 6.97. The molecule has 166 valence electrons. The standard InChI is InChI=1S/C25H28N4O2S/c1-29(2)15-13-17-9-11-19(12-10-17)27-24(31)22-20-7-3-4-8-21(20)32-25(22)28-23(30)18-6-5-14-26-16-18/h5-6,9-12,14,16H,3-4,7-8,13,15H2,1-2H3,(H,27,31)(H,28,30). The molecule has 2 amide bonds. The third kappa shape index (κ3) is 5.23. The summed E-state index contributed by atoms with van der Waals surface area (Å²) in [5.41, 5.74) is 4.12. The van der Waals surface area contributed by atoms with Crippen molar-refractivity contribution in [1.82, 2.24) is 9.88 Å². The Bertz CT molecular complexity index is 1090. The van der Waals surface area contributed by atoms with Crippen LogP contribution in [0.25, 0.3) is 0 Å². The highest BCUT2D eigenvalue weighted by atomic mass is 32.1. The lowest BCUT2D eigenvalue weighted by Crippen LogP contribution is -2.19. The molecule has 0 fully saturated rings. The normalized spacial score (nSPS) is 13.0. The highest BCUT2D eigenvalue weighted by Gasteiger charge is 2.26. The topological polar surface area (TPSA) is 74.3 Å². The first-order valence-electron chi connectivity index (χ1n) is 10.9. The second kappa shape index (κ2) is 10.1. The van der Waals surface area contributed by atoms with Crippen LogP contribution in [0.2, 0.25) is 0 Å². The van der Waals surface area contributed by atoms with Crippen molar-refractivity contribution in [2.75, 3.05) is 31.3 Å². The van der Waals surface area contributed by atoms with Gasteiger partial charge in [-0.1, -0.05) is 12.1 Å². The van der Waals surface area contributed by atoms with Crippen molar-refractivity contribution >= 4 is 33.8 Å². The van der Waals surface area contributed by atoms with Crippen molar-refractivity contribution in [3.8, 4) is 0 Å². The fourth-order valence-corrected chi connectivity index (χ4v) is 5.15. The number of likely N-dealkylation sites (N-methyl/N-ethyl adjacent to an activating group) is 1. The van der Waals surface area contributed by atoms with Crippen LogP contribution in [0.5, 0.6) is 0 Å². The van der Waals surface area contributed by atoms with Gasteiger partial charge in [0.25, 0.3) is 11.8 Å². The first kappa shape index (κ1) is 22.2. The van der Waals surface area contributed by atoms with E-state index in [4.69, 9.17) is 0 Å². The summed E-state index contributed by atoms with van der Waals surface area (Å²) in [6.07, 6.45) is 8.10. The molecule has 1 aliphatic carbocycles. The predicted molar refractivity (Wildman–Crippen MR) is 130 cm³/mol. The first-order valence-corrected chi connectivity index (χ1v) is 11.7. The first-order chi connectivity index (χ1) is 15.5. The Morgan fingerprint density at radius 3 is 2.53 bits per heavy atom. The number of amides is 2. The molecule has 7 heteroatoms. The second-order valence-electron chi connectivity index (χ2n) is 8.32. The van der Waals surface area contributed by atoms with E-state index >= 15 is 0 Å². The number of carbonyl (C=O) groups is 2. The SMILES string of the molecule is CN(C)CCc1ccc(NC(=O)c2c(NC(=O)c3cccnc3)sc3c2CCCC3)cc1. The molecule has 32 heavy (non-hydrogen) atoms. The molecule has 0 saturated carbocycles.